The van der Waals surface area contributed by atoms with Gasteiger partial charge in [-0.05, 0) is 25.0 Å². The fourth-order valence-electron chi connectivity index (χ4n) is 2.36. The smallest absolute Gasteiger partial charge is 0.407 e. The molecule has 1 aromatic rings. The molecule has 2 N–H and O–H groups in total. The predicted octanol–water partition coefficient (Wildman–Crippen LogP) is 3.78. The van der Waals surface area contributed by atoms with E-state index in [0.29, 0.717) is 32.7 Å². The van der Waals surface area contributed by atoms with Crippen LogP contribution < -0.4 is 10.6 Å². The average Bonchev–Trinajstić information content (AvgIpc) is 2.69. The van der Waals surface area contributed by atoms with Crippen molar-refractivity contribution in [3.8, 4) is 0 Å². The highest BCUT2D eigenvalue weighted by atomic mass is 35.5. The van der Waals surface area contributed by atoms with Crippen molar-refractivity contribution in [1.29, 1.82) is 0 Å². The van der Waals surface area contributed by atoms with Crippen LogP contribution in [-0.4, -0.2) is 61.5 Å². The highest BCUT2D eigenvalue weighted by Gasteiger charge is 2.10. The second-order valence-corrected chi connectivity index (χ2v) is 6.43. The summed E-state index contributed by atoms with van der Waals surface area (Å²) in [5, 5.41) is 5.44. The van der Waals surface area contributed by atoms with Gasteiger partial charge in [-0.3, -0.25) is 9.88 Å². The number of amides is 2. The summed E-state index contributed by atoms with van der Waals surface area (Å²) < 4.78 is 10.4. The zero-order chi connectivity index (χ0) is 20.5. The lowest BCUT2D eigenvalue weighted by atomic mass is 10.3. The van der Waals surface area contributed by atoms with E-state index in [0.717, 1.165) is 31.4 Å². The van der Waals surface area contributed by atoms with E-state index < -0.39 is 12.2 Å². The van der Waals surface area contributed by atoms with Crippen molar-refractivity contribution in [2.75, 3.05) is 39.4 Å². The number of pyridine rings is 1. The van der Waals surface area contributed by atoms with E-state index >= 15 is 0 Å². The Morgan fingerprint density at radius 3 is 1.90 bits per heavy atom. The summed E-state index contributed by atoms with van der Waals surface area (Å²) in [6, 6.07) is 5.72. The molecule has 0 aromatic carbocycles. The van der Waals surface area contributed by atoms with Crippen LogP contribution in [0.15, 0.2) is 24.4 Å². The molecule has 174 valence electrons. The number of nitrogens with one attached hydrogen (secondary N) is 2. The molecular weight excluding hydrogens is 431 g/mol. The minimum atomic E-state index is -0.405. The van der Waals surface area contributed by atoms with E-state index in [-0.39, 0.29) is 38.0 Å². The van der Waals surface area contributed by atoms with Crippen molar-refractivity contribution in [2.45, 2.75) is 46.1 Å². The number of alkyl carbamates (subject to hydrolysis) is 2. The van der Waals surface area contributed by atoms with Gasteiger partial charge in [-0.1, -0.05) is 32.8 Å². The van der Waals surface area contributed by atoms with Gasteiger partial charge in [-0.2, -0.15) is 0 Å². The SMILES string of the molecule is CCCCNC(=O)OCCN(CCOC(=O)NCCCC)Cc1ccccn1.Cl.Cl. The van der Waals surface area contributed by atoms with Gasteiger partial charge in [-0.15, -0.1) is 24.8 Å². The molecule has 1 aromatic heterocycles. The molecule has 1 rings (SSSR count). The Morgan fingerprint density at radius 1 is 0.933 bits per heavy atom. The van der Waals surface area contributed by atoms with Crippen LogP contribution in [0.3, 0.4) is 0 Å². The summed E-state index contributed by atoms with van der Waals surface area (Å²) in [6.45, 7) is 7.52. The monoisotopic (exact) mass is 466 g/mol. The third-order valence-electron chi connectivity index (χ3n) is 3.99. The molecule has 0 atom stereocenters. The van der Waals surface area contributed by atoms with Gasteiger partial charge in [0.1, 0.15) is 13.2 Å². The quantitative estimate of drug-likeness (QED) is 0.405. The molecule has 0 aliphatic rings. The molecular formula is C20H36Cl2N4O4. The Bertz CT molecular complexity index is 525. The Hall–Kier alpha value is -1.77. The summed E-state index contributed by atoms with van der Waals surface area (Å²) in [5.74, 6) is 0. The number of aromatic nitrogens is 1. The van der Waals surface area contributed by atoms with Crippen LogP contribution in [0.25, 0.3) is 0 Å². The number of hydrogen-bond acceptors (Lipinski definition) is 6. The van der Waals surface area contributed by atoms with Gasteiger partial charge < -0.3 is 20.1 Å². The lowest BCUT2D eigenvalue weighted by molar-refractivity contribution is 0.103. The third kappa shape index (κ3) is 16.1. The van der Waals surface area contributed by atoms with Gasteiger partial charge >= 0.3 is 12.2 Å². The summed E-state index contributed by atoms with van der Waals surface area (Å²) in [4.78, 5) is 29.7. The van der Waals surface area contributed by atoms with Crippen LogP contribution in [0.1, 0.15) is 45.2 Å². The van der Waals surface area contributed by atoms with Crippen LogP contribution in [0.2, 0.25) is 0 Å². The van der Waals surface area contributed by atoms with E-state index in [4.69, 9.17) is 9.47 Å². The topological polar surface area (TPSA) is 92.8 Å². The number of halogens is 2. The highest BCUT2D eigenvalue weighted by Crippen LogP contribution is 2.01. The fraction of sp³-hybridized carbons (Fsp3) is 0.650. The Morgan fingerprint density at radius 2 is 1.47 bits per heavy atom. The van der Waals surface area contributed by atoms with Gasteiger partial charge in [0.15, 0.2) is 0 Å². The molecule has 0 saturated carbocycles. The first-order valence-corrected chi connectivity index (χ1v) is 10.1. The first-order chi connectivity index (χ1) is 13.7. The zero-order valence-electron chi connectivity index (χ0n) is 17.9. The van der Waals surface area contributed by atoms with Gasteiger partial charge in [-0.25, -0.2) is 9.59 Å². The number of carbonyl (C=O) groups is 2. The molecule has 1 heterocycles. The van der Waals surface area contributed by atoms with E-state index in [1.165, 1.54) is 0 Å². The predicted molar refractivity (Wildman–Crippen MR) is 123 cm³/mol. The Kier molecular flexibility index (Phi) is 20.8. The van der Waals surface area contributed by atoms with Crippen molar-refractivity contribution in [2.24, 2.45) is 0 Å². The lowest BCUT2D eigenvalue weighted by Crippen LogP contribution is -2.35. The van der Waals surface area contributed by atoms with Crippen LogP contribution in [0.4, 0.5) is 9.59 Å². The molecule has 0 bridgehead atoms. The second-order valence-electron chi connectivity index (χ2n) is 6.43. The zero-order valence-corrected chi connectivity index (χ0v) is 19.6. The van der Waals surface area contributed by atoms with Crippen molar-refractivity contribution in [3.05, 3.63) is 30.1 Å². The number of unbranched alkanes of at least 4 members (excludes halogenated alkanes) is 2. The summed E-state index contributed by atoms with van der Waals surface area (Å²) in [6.07, 6.45) is 4.82. The molecule has 8 nitrogen and oxygen atoms in total. The van der Waals surface area contributed by atoms with Crippen LogP contribution in [-0.2, 0) is 16.0 Å². The molecule has 0 saturated heterocycles. The van der Waals surface area contributed by atoms with Gasteiger partial charge in [0.05, 0.1) is 5.69 Å². The van der Waals surface area contributed by atoms with E-state index in [1.807, 2.05) is 23.1 Å². The van der Waals surface area contributed by atoms with Crippen molar-refractivity contribution in [3.63, 3.8) is 0 Å². The molecule has 2 amide bonds. The third-order valence-corrected chi connectivity index (χ3v) is 3.99. The van der Waals surface area contributed by atoms with Crippen molar-refractivity contribution >= 4 is 37.0 Å². The molecule has 30 heavy (non-hydrogen) atoms. The second kappa shape index (κ2) is 20.5. The van der Waals surface area contributed by atoms with E-state index in [1.54, 1.807) is 6.20 Å². The number of rotatable bonds is 14. The molecule has 0 aliphatic heterocycles. The van der Waals surface area contributed by atoms with Crippen LogP contribution in [0.5, 0.6) is 0 Å². The fourth-order valence-corrected chi connectivity index (χ4v) is 2.36. The largest absolute Gasteiger partial charge is 0.448 e. The number of hydrogen-bond donors (Lipinski definition) is 2. The molecule has 0 aliphatic carbocycles. The van der Waals surface area contributed by atoms with Crippen molar-refractivity contribution < 1.29 is 19.1 Å². The summed E-state index contributed by atoms with van der Waals surface area (Å²) in [5.41, 5.74) is 0.905. The molecule has 0 fully saturated rings. The molecule has 0 radical (unpaired) electrons. The maximum Gasteiger partial charge on any atom is 0.407 e. The standard InChI is InChI=1S/C20H34N4O4.2ClH/c1-3-5-10-22-19(25)27-15-13-24(17-18-9-7-8-12-21-18)14-16-28-20(26)23-11-6-4-2;;/h7-9,12H,3-6,10-11,13-17H2,1-2H3,(H,22,25)(H,23,26);2*1H. The Labute approximate surface area is 192 Å². The number of carbonyl (C=O) groups excluding carboxylic acids is 2. The minimum absolute atomic E-state index is 0. The van der Waals surface area contributed by atoms with E-state index in [2.05, 4.69) is 29.5 Å². The van der Waals surface area contributed by atoms with Gasteiger partial charge in [0.2, 0.25) is 0 Å². The first-order valence-electron chi connectivity index (χ1n) is 10.1. The minimum Gasteiger partial charge on any atom is -0.448 e. The van der Waals surface area contributed by atoms with Crippen molar-refractivity contribution in [1.82, 2.24) is 20.5 Å². The maximum atomic E-state index is 11.6. The van der Waals surface area contributed by atoms with Crippen LogP contribution >= 0.6 is 24.8 Å². The number of nitrogens with zero attached hydrogens (tertiary/aromatic N) is 2. The number of ether oxygens (including phenoxy) is 2. The first kappa shape index (κ1) is 30.4. The lowest BCUT2D eigenvalue weighted by Gasteiger charge is -2.21. The highest BCUT2D eigenvalue weighted by molar-refractivity contribution is 5.85. The Balaban J connectivity index is 0. The average molecular weight is 467 g/mol. The molecule has 0 unspecified atom stereocenters. The van der Waals surface area contributed by atoms with Gasteiger partial charge in [0.25, 0.3) is 0 Å². The molecule has 10 heteroatoms. The molecule has 0 spiro atoms. The maximum absolute atomic E-state index is 11.6. The van der Waals surface area contributed by atoms with Gasteiger partial charge in [0, 0.05) is 38.9 Å². The normalized spacial score (nSPS) is 9.83. The summed E-state index contributed by atoms with van der Waals surface area (Å²) >= 11 is 0. The van der Waals surface area contributed by atoms with Crippen LogP contribution in [0, 0.1) is 0 Å². The van der Waals surface area contributed by atoms with E-state index in [9.17, 15) is 9.59 Å². The summed E-state index contributed by atoms with van der Waals surface area (Å²) in [7, 11) is 0.